The van der Waals surface area contributed by atoms with Crippen molar-refractivity contribution in [1.82, 2.24) is 4.98 Å². The maximum Gasteiger partial charge on any atom is 0.231 e. The molecule has 0 aliphatic carbocycles. The number of hydrogen-bond donors (Lipinski definition) is 1. The van der Waals surface area contributed by atoms with Crippen LogP contribution in [0.15, 0.2) is 18.2 Å². The lowest BCUT2D eigenvalue weighted by atomic mass is 9.87. The lowest BCUT2D eigenvalue weighted by Crippen LogP contribution is -2.10. The predicted molar refractivity (Wildman–Crippen MR) is 76.8 cm³/mol. The first kappa shape index (κ1) is 13.3. The quantitative estimate of drug-likeness (QED) is 0.922. The summed E-state index contributed by atoms with van der Waals surface area (Å²) in [4.78, 5) is 4.30. The van der Waals surface area contributed by atoms with Gasteiger partial charge in [-0.3, -0.25) is 4.72 Å². The van der Waals surface area contributed by atoms with Crippen LogP contribution in [0.1, 0.15) is 26.3 Å². The van der Waals surface area contributed by atoms with E-state index in [0.717, 1.165) is 16.5 Å². The standard InChI is InChI=1S/C12H16N2O2S2/c1-12(2,3)8-5-6-10-9(7-8)13-11(17-10)14-18(4,15)16/h5-7H,1-4H3,(H,13,14). The van der Waals surface area contributed by atoms with E-state index >= 15 is 0 Å². The number of nitrogens with zero attached hydrogens (tertiary/aromatic N) is 1. The summed E-state index contributed by atoms with van der Waals surface area (Å²) in [6.45, 7) is 6.41. The SMILES string of the molecule is CC(C)(C)c1ccc2sc(NS(C)(=O)=O)nc2c1. The Labute approximate surface area is 111 Å². The van der Waals surface area contributed by atoms with Crippen molar-refractivity contribution in [3.63, 3.8) is 0 Å². The lowest BCUT2D eigenvalue weighted by Gasteiger charge is -2.18. The third-order valence-electron chi connectivity index (χ3n) is 2.53. The van der Waals surface area contributed by atoms with Gasteiger partial charge in [-0.25, -0.2) is 13.4 Å². The smallest absolute Gasteiger partial charge is 0.231 e. The first-order valence-electron chi connectivity index (χ1n) is 5.54. The summed E-state index contributed by atoms with van der Waals surface area (Å²) in [5.41, 5.74) is 2.08. The average Bonchev–Trinajstić information content (AvgIpc) is 2.53. The Hall–Kier alpha value is -1.14. The molecule has 1 N–H and O–H groups in total. The van der Waals surface area contributed by atoms with Crippen LogP contribution in [0.3, 0.4) is 0 Å². The van der Waals surface area contributed by atoms with E-state index in [1.807, 2.05) is 12.1 Å². The van der Waals surface area contributed by atoms with Gasteiger partial charge in [-0.15, -0.1) is 0 Å². The van der Waals surface area contributed by atoms with Crippen LogP contribution in [-0.2, 0) is 15.4 Å². The molecule has 0 saturated carbocycles. The highest BCUT2D eigenvalue weighted by atomic mass is 32.2. The topological polar surface area (TPSA) is 59.1 Å². The molecule has 0 aliphatic heterocycles. The second-order valence-electron chi connectivity index (χ2n) is 5.33. The van der Waals surface area contributed by atoms with Gasteiger partial charge in [0.25, 0.3) is 0 Å². The molecule has 4 nitrogen and oxygen atoms in total. The molecule has 2 rings (SSSR count). The zero-order chi connectivity index (χ0) is 13.6. The van der Waals surface area contributed by atoms with Crippen LogP contribution in [0, 0.1) is 0 Å². The molecule has 1 heterocycles. The summed E-state index contributed by atoms with van der Waals surface area (Å²) in [6, 6.07) is 6.06. The summed E-state index contributed by atoms with van der Waals surface area (Å²) in [5, 5.41) is 0.415. The van der Waals surface area contributed by atoms with Gasteiger partial charge in [0.15, 0.2) is 5.13 Å². The van der Waals surface area contributed by atoms with Crippen LogP contribution in [0.4, 0.5) is 5.13 Å². The molecule has 0 unspecified atom stereocenters. The Balaban J connectivity index is 2.46. The van der Waals surface area contributed by atoms with Gasteiger partial charge in [0, 0.05) is 0 Å². The molecule has 0 radical (unpaired) electrons. The van der Waals surface area contributed by atoms with E-state index in [4.69, 9.17) is 0 Å². The average molecular weight is 284 g/mol. The Morgan fingerprint density at radius 3 is 2.50 bits per heavy atom. The maximum atomic E-state index is 11.2. The number of rotatable bonds is 2. The Bertz CT molecular complexity index is 682. The van der Waals surface area contributed by atoms with Gasteiger partial charge < -0.3 is 0 Å². The number of nitrogens with one attached hydrogen (secondary N) is 1. The molecule has 2 aromatic rings. The molecule has 0 aliphatic rings. The van der Waals surface area contributed by atoms with Crippen LogP contribution in [0.25, 0.3) is 10.2 Å². The number of anilines is 1. The summed E-state index contributed by atoms with van der Waals surface area (Å²) >= 11 is 1.34. The number of hydrogen-bond acceptors (Lipinski definition) is 4. The lowest BCUT2D eigenvalue weighted by molar-refractivity contribution is 0.591. The van der Waals surface area contributed by atoms with Gasteiger partial charge >= 0.3 is 0 Å². The monoisotopic (exact) mass is 284 g/mol. The third-order valence-corrected chi connectivity index (χ3v) is 4.17. The molecule has 6 heteroatoms. The van der Waals surface area contributed by atoms with Crippen LogP contribution in [0.5, 0.6) is 0 Å². The van der Waals surface area contributed by atoms with E-state index in [-0.39, 0.29) is 5.41 Å². The van der Waals surface area contributed by atoms with Crippen molar-refractivity contribution in [1.29, 1.82) is 0 Å². The van der Waals surface area contributed by atoms with E-state index in [9.17, 15) is 8.42 Å². The molecule has 0 fully saturated rings. The van der Waals surface area contributed by atoms with Gasteiger partial charge in [0.1, 0.15) is 0 Å². The highest BCUT2D eigenvalue weighted by Crippen LogP contribution is 2.30. The van der Waals surface area contributed by atoms with Crippen molar-refractivity contribution in [2.75, 3.05) is 11.0 Å². The molecular weight excluding hydrogens is 268 g/mol. The maximum absolute atomic E-state index is 11.2. The predicted octanol–water partition coefficient (Wildman–Crippen LogP) is 2.97. The molecule has 98 valence electrons. The van der Waals surface area contributed by atoms with E-state index in [2.05, 4.69) is 36.5 Å². The van der Waals surface area contributed by atoms with Crippen molar-refractivity contribution in [2.24, 2.45) is 0 Å². The fourth-order valence-electron chi connectivity index (χ4n) is 1.60. The zero-order valence-electron chi connectivity index (χ0n) is 10.8. The number of benzene rings is 1. The zero-order valence-corrected chi connectivity index (χ0v) is 12.4. The number of sulfonamides is 1. The molecular formula is C12H16N2O2S2. The van der Waals surface area contributed by atoms with Crippen LogP contribution >= 0.6 is 11.3 Å². The Kier molecular flexibility index (Phi) is 3.11. The van der Waals surface area contributed by atoms with E-state index in [0.29, 0.717) is 5.13 Å². The highest BCUT2D eigenvalue weighted by Gasteiger charge is 2.15. The number of aromatic nitrogens is 1. The molecule has 0 amide bonds. The highest BCUT2D eigenvalue weighted by molar-refractivity contribution is 7.92. The van der Waals surface area contributed by atoms with Gasteiger partial charge in [-0.1, -0.05) is 38.2 Å². The van der Waals surface area contributed by atoms with Crippen molar-refractivity contribution in [2.45, 2.75) is 26.2 Å². The van der Waals surface area contributed by atoms with Crippen molar-refractivity contribution in [3.05, 3.63) is 23.8 Å². The minimum absolute atomic E-state index is 0.0578. The van der Waals surface area contributed by atoms with E-state index in [1.165, 1.54) is 16.9 Å². The molecule has 1 aromatic heterocycles. The molecule has 1 aromatic carbocycles. The first-order valence-corrected chi connectivity index (χ1v) is 8.25. The number of thiazole rings is 1. The molecule has 0 saturated heterocycles. The molecule has 0 spiro atoms. The Morgan fingerprint density at radius 2 is 1.94 bits per heavy atom. The second-order valence-corrected chi connectivity index (χ2v) is 8.10. The fraction of sp³-hybridized carbons (Fsp3) is 0.417. The number of fused-ring (bicyclic) bond motifs is 1. The van der Waals surface area contributed by atoms with Crippen LogP contribution in [-0.4, -0.2) is 19.7 Å². The van der Waals surface area contributed by atoms with Gasteiger partial charge in [-0.2, -0.15) is 0 Å². The van der Waals surface area contributed by atoms with Crippen LogP contribution in [0.2, 0.25) is 0 Å². The summed E-state index contributed by atoms with van der Waals surface area (Å²) < 4.78 is 25.7. The molecule has 0 bridgehead atoms. The third kappa shape index (κ3) is 3.00. The normalized spacial score (nSPS) is 12.9. The largest absolute Gasteiger partial charge is 0.259 e. The van der Waals surface area contributed by atoms with E-state index in [1.54, 1.807) is 0 Å². The second kappa shape index (κ2) is 4.20. The molecule has 18 heavy (non-hydrogen) atoms. The van der Waals surface area contributed by atoms with E-state index < -0.39 is 10.0 Å². The Morgan fingerprint density at radius 1 is 1.28 bits per heavy atom. The minimum atomic E-state index is -3.27. The van der Waals surface area contributed by atoms with Gasteiger partial charge in [0.2, 0.25) is 10.0 Å². The summed E-state index contributed by atoms with van der Waals surface area (Å²) in [5.74, 6) is 0. The van der Waals surface area contributed by atoms with Crippen molar-refractivity contribution < 1.29 is 8.42 Å². The summed E-state index contributed by atoms with van der Waals surface area (Å²) in [6.07, 6.45) is 1.12. The van der Waals surface area contributed by atoms with Crippen molar-refractivity contribution in [3.8, 4) is 0 Å². The first-order chi connectivity index (χ1) is 8.15. The summed E-state index contributed by atoms with van der Waals surface area (Å²) in [7, 11) is -3.27. The van der Waals surface area contributed by atoms with Crippen LogP contribution < -0.4 is 4.72 Å². The molecule has 0 atom stereocenters. The van der Waals surface area contributed by atoms with Gasteiger partial charge in [-0.05, 0) is 23.1 Å². The minimum Gasteiger partial charge on any atom is -0.259 e. The fourth-order valence-corrected chi connectivity index (χ4v) is 3.28. The van der Waals surface area contributed by atoms with Gasteiger partial charge in [0.05, 0.1) is 16.5 Å². The van der Waals surface area contributed by atoms with Crippen molar-refractivity contribution >= 4 is 36.7 Å².